The minimum Gasteiger partial charge on any atom is -0.512 e. The minimum atomic E-state index is -0.337. The molecule has 0 spiro atoms. The average molecular weight is 909 g/mol. The van der Waals surface area contributed by atoms with Gasteiger partial charge < -0.3 is 9.52 Å². The molecule has 0 aliphatic heterocycles. The first-order valence-electron chi connectivity index (χ1n) is 19.1. The molecule has 0 amide bonds. The Morgan fingerprint density at radius 1 is 0.868 bits per heavy atom. The molecule has 1 N–H and O–H groups in total. The molecule has 0 saturated heterocycles. The summed E-state index contributed by atoms with van der Waals surface area (Å²) in [4.78, 5) is 17.1. The van der Waals surface area contributed by atoms with Gasteiger partial charge in [-0.1, -0.05) is 117 Å². The monoisotopic (exact) mass is 909 g/mol. The number of thiophene rings is 1. The molecule has 0 aliphatic rings. The van der Waals surface area contributed by atoms with E-state index in [0.717, 1.165) is 60.1 Å². The average Bonchev–Trinajstić information content (AvgIpc) is 3.66. The van der Waals surface area contributed by atoms with Crippen molar-refractivity contribution in [1.29, 1.82) is 0 Å². The second-order valence-electron chi connectivity index (χ2n) is 16.5. The summed E-state index contributed by atoms with van der Waals surface area (Å²) < 4.78 is 8.91. The van der Waals surface area contributed by atoms with Crippen LogP contribution in [0.15, 0.2) is 71.0 Å². The first-order valence-corrected chi connectivity index (χ1v) is 20.0. The Morgan fingerprint density at radius 3 is 2.08 bits per heavy atom. The predicted molar refractivity (Wildman–Crippen MR) is 224 cm³/mol. The molecular weight excluding hydrogens is 851 g/mol. The van der Waals surface area contributed by atoms with Crippen LogP contribution in [0, 0.1) is 29.7 Å². The Morgan fingerprint density at radius 2 is 1.47 bits per heavy atom. The number of allylic oxidation sites excluding steroid dienone is 2. The van der Waals surface area contributed by atoms with Gasteiger partial charge in [0.1, 0.15) is 11.5 Å². The molecule has 0 fully saturated rings. The molecule has 3 heterocycles. The van der Waals surface area contributed by atoms with Crippen molar-refractivity contribution in [1.82, 2.24) is 4.98 Å². The summed E-state index contributed by atoms with van der Waals surface area (Å²) in [5, 5.41) is 16.2. The number of aliphatic hydroxyl groups excluding tert-OH is 1. The van der Waals surface area contributed by atoms with Gasteiger partial charge in [0.25, 0.3) is 0 Å². The largest absolute Gasteiger partial charge is 0.512 e. The summed E-state index contributed by atoms with van der Waals surface area (Å²) >= 11 is 1.80. The number of hydrogen-bond acceptors (Lipinski definition) is 5. The number of carbonyl (C=O) groups is 1. The van der Waals surface area contributed by atoms with Gasteiger partial charge in [-0.05, 0) is 61.0 Å². The number of fused-ring (bicyclic) bond motifs is 6. The molecule has 4 nitrogen and oxygen atoms in total. The number of aryl methyl sites for hydroxylation is 1. The van der Waals surface area contributed by atoms with Crippen LogP contribution in [0.5, 0.6) is 0 Å². The molecule has 0 bridgehead atoms. The normalized spacial score (nSPS) is 12.8. The van der Waals surface area contributed by atoms with Gasteiger partial charge in [0.05, 0.1) is 4.70 Å². The summed E-state index contributed by atoms with van der Waals surface area (Å²) in [6.45, 7) is 25.6. The van der Waals surface area contributed by atoms with Crippen LogP contribution in [0.25, 0.3) is 53.2 Å². The van der Waals surface area contributed by atoms with Crippen LogP contribution in [-0.4, -0.2) is 15.9 Å². The maximum atomic E-state index is 12.2. The van der Waals surface area contributed by atoms with Crippen molar-refractivity contribution in [2.24, 2.45) is 16.7 Å². The van der Waals surface area contributed by atoms with E-state index in [1.54, 1.807) is 11.3 Å². The summed E-state index contributed by atoms with van der Waals surface area (Å²) in [6, 6.07) is 21.2. The van der Waals surface area contributed by atoms with Crippen LogP contribution in [0.1, 0.15) is 119 Å². The van der Waals surface area contributed by atoms with Gasteiger partial charge in [-0.3, -0.25) is 9.78 Å². The number of aromatic nitrogens is 1. The maximum absolute atomic E-state index is 12.2. The summed E-state index contributed by atoms with van der Waals surface area (Å²) in [5.41, 5.74) is 5.07. The van der Waals surface area contributed by atoms with Crippen molar-refractivity contribution in [2.75, 3.05) is 0 Å². The van der Waals surface area contributed by atoms with Gasteiger partial charge in [-0.2, -0.15) is 0 Å². The number of ketones is 1. The quantitative estimate of drug-likeness (QED) is 0.0845. The molecule has 6 aromatic rings. The smallest absolute Gasteiger partial charge is 0.164 e. The van der Waals surface area contributed by atoms with Crippen molar-refractivity contribution in [3.05, 3.63) is 89.5 Å². The van der Waals surface area contributed by atoms with E-state index in [-0.39, 0.29) is 47.9 Å². The van der Waals surface area contributed by atoms with E-state index < -0.39 is 0 Å². The van der Waals surface area contributed by atoms with Crippen LogP contribution >= 0.6 is 11.3 Å². The standard InChI is InChI=1S/C32H30NOS.C15H28O2.Ir/c1-18(2)15-27-19(3)22-11-12-24-25-13-14-33-28(30(25)35-31(24)29(22)34-27)21-16-20-9-7-8-10-23(20)26(17-21)32(4,5)6;1-7-14(5,8-2)12(16)11-13(17)15(6,9-3)10-4;/h7-14,17-18H,15H2,1-6H3;11,16H,7-10H2,1-6H3;/q-1;;/b;12-11-;. The van der Waals surface area contributed by atoms with Crippen LogP contribution < -0.4 is 0 Å². The molecule has 6 heteroatoms. The van der Waals surface area contributed by atoms with Crippen LogP contribution in [-0.2, 0) is 36.7 Å². The molecule has 6 rings (SSSR count). The molecule has 1 radical (unpaired) electrons. The Bertz CT molecular complexity index is 2260. The Hall–Kier alpha value is -3.31. The fraction of sp³-hybridized carbons (Fsp3) is 0.447. The zero-order valence-corrected chi connectivity index (χ0v) is 37.1. The van der Waals surface area contributed by atoms with Crippen molar-refractivity contribution in [2.45, 2.75) is 121 Å². The van der Waals surface area contributed by atoms with E-state index >= 15 is 0 Å². The van der Waals surface area contributed by atoms with E-state index in [1.165, 1.54) is 48.1 Å². The van der Waals surface area contributed by atoms with E-state index in [0.29, 0.717) is 5.92 Å². The molecule has 0 atom stereocenters. The molecule has 0 saturated carbocycles. The van der Waals surface area contributed by atoms with Crippen LogP contribution in [0.4, 0.5) is 0 Å². The van der Waals surface area contributed by atoms with Crippen molar-refractivity contribution in [3.63, 3.8) is 0 Å². The molecular formula is C47H58IrNO3S-. The third kappa shape index (κ3) is 8.36. The molecule has 3 aromatic carbocycles. The first-order chi connectivity index (χ1) is 24.5. The molecule has 0 unspecified atom stereocenters. The summed E-state index contributed by atoms with van der Waals surface area (Å²) in [5.74, 6) is 1.95. The fourth-order valence-corrected chi connectivity index (χ4v) is 8.19. The second-order valence-corrected chi connectivity index (χ2v) is 17.5. The zero-order chi connectivity index (χ0) is 38.2. The van der Waals surface area contributed by atoms with E-state index in [2.05, 4.69) is 96.1 Å². The predicted octanol–water partition coefficient (Wildman–Crippen LogP) is 14.3. The minimum absolute atomic E-state index is 0. The number of furan rings is 1. The second kappa shape index (κ2) is 16.6. The molecule has 3 aromatic heterocycles. The van der Waals surface area contributed by atoms with E-state index in [9.17, 15) is 9.90 Å². The van der Waals surface area contributed by atoms with Gasteiger partial charge in [0.15, 0.2) is 11.4 Å². The maximum Gasteiger partial charge on any atom is 0.164 e. The number of carbonyl (C=O) groups excluding carboxylic acids is 1. The molecule has 285 valence electrons. The number of rotatable bonds is 10. The first kappa shape index (κ1) is 42.4. The SMILES string of the molecule is CCC(C)(CC)C(=O)/C=C(\O)C(C)(CC)CC.Cc1c(CC(C)C)oc2c1ccc1c3ccnc(-c4[c-]c5ccccc5c(C(C)(C)C)c4)c3sc12.[Ir]. The van der Waals surface area contributed by atoms with Crippen molar-refractivity contribution < 1.29 is 34.4 Å². The Kier molecular flexibility index (Phi) is 13.3. The van der Waals surface area contributed by atoms with Gasteiger partial charge in [-0.15, -0.1) is 40.5 Å². The van der Waals surface area contributed by atoms with Gasteiger partial charge >= 0.3 is 0 Å². The zero-order valence-electron chi connectivity index (χ0n) is 33.8. The Balaban J connectivity index is 0.000000299. The fourth-order valence-electron chi connectivity index (χ4n) is 6.91. The third-order valence-corrected chi connectivity index (χ3v) is 12.8. The molecule has 0 aliphatic carbocycles. The summed E-state index contributed by atoms with van der Waals surface area (Å²) in [7, 11) is 0. The number of benzene rings is 3. The van der Waals surface area contributed by atoms with Gasteiger partial charge in [-0.25, -0.2) is 0 Å². The van der Waals surface area contributed by atoms with E-state index in [1.807, 2.05) is 47.7 Å². The molecule has 53 heavy (non-hydrogen) atoms. The summed E-state index contributed by atoms with van der Waals surface area (Å²) in [6.07, 6.45) is 7.65. The van der Waals surface area contributed by atoms with Gasteiger partial charge in [0.2, 0.25) is 0 Å². The van der Waals surface area contributed by atoms with E-state index in [4.69, 9.17) is 9.40 Å². The van der Waals surface area contributed by atoms with Crippen molar-refractivity contribution >= 4 is 59.0 Å². The van der Waals surface area contributed by atoms with Crippen molar-refractivity contribution in [3.8, 4) is 11.3 Å². The number of pyridine rings is 1. The number of nitrogens with zero attached hydrogens (tertiary/aromatic N) is 1. The number of aliphatic hydroxyl groups is 1. The van der Waals surface area contributed by atoms with Crippen LogP contribution in [0.3, 0.4) is 0 Å². The van der Waals surface area contributed by atoms with Gasteiger partial charge in [0, 0.05) is 70.8 Å². The topological polar surface area (TPSA) is 63.3 Å². The van der Waals surface area contributed by atoms with Crippen LogP contribution in [0.2, 0.25) is 0 Å². The number of hydrogen-bond donors (Lipinski definition) is 1. The Labute approximate surface area is 334 Å². The third-order valence-electron chi connectivity index (χ3n) is 11.6.